The highest BCUT2D eigenvalue weighted by atomic mass is 16.5. The minimum absolute atomic E-state index is 0.0114. The van der Waals surface area contributed by atoms with E-state index in [2.05, 4.69) is 22.8 Å². The Kier molecular flexibility index (Phi) is 6.58. The molecule has 0 unspecified atom stereocenters. The van der Waals surface area contributed by atoms with Crippen molar-refractivity contribution in [1.29, 1.82) is 0 Å². The fraction of sp³-hybridized carbons (Fsp3) is 0.409. The average molecular weight is 368 g/mol. The zero-order chi connectivity index (χ0) is 19.1. The minimum atomic E-state index is -0.339. The van der Waals surface area contributed by atoms with E-state index >= 15 is 0 Å². The van der Waals surface area contributed by atoms with Crippen LogP contribution in [0.4, 0.5) is 5.69 Å². The number of rotatable bonds is 7. The molecule has 0 saturated heterocycles. The van der Waals surface area contributed by atoms with Crippen LogP contribution in [0.3, 0.4) is 0 Å². The monoisotopic (exact) mass is 368 g/mol. The second kappa shape index (κ2) is 9.31. The van der Waals surface area contributed by atoms with E-state index in [1.807, 2.05) is 50.2 Å². The van der Waals surface area contributed by atoms with E-state index in [1.165, 1.54) is 5.56 Å². The first-order chi connectivity index (χ1) is 13.1. The standard InChI is InChI=1S/C22H28N2O3/c1-16(9-10-18-7-4-3-5-8-18)23-22(25)17(2)24-19-11-12-20-21(15-19)27-14-6-13-26-20/h3-5,7-8,11-12,15-17,24H,6,9-10,13-14H2,1-2H3,(H,23,25)/t16-,17+/m0/s1. The first kappa shape index (κ1) is 19.1. The fourth-order valence-electron chi connectivity index (χ4n) is 3.04. The zero-order valence-corrected chi connectivity index (χ0v) is 16.0. The molecule has 144 valence electrons. The van der Waals surface area contributed by atoms with Gasteiger partial charge in [0.05, 0.1) is 13.2 Å². The molecule has 1 amide bonds. The Morgan fingerprint density at radius 1 is 1.04 bits per heavy atom. The van der Waals surface area contributed by atoms with Crippen LogP contribution >= 0.6 is 0 Å². The van der Waals surface area contributed by atoms with Gasteiger partial charge in [-0.3, -0.25) is 4.79 Å². The Hall–Kier alpha value is -2.69. The summed E-state index contributed by atoms with van der Waals surface area (Å²) in [4.78, 5) is 12.5. The Labute approximate surface area is 161 Å². The maximum Gasteiger partial charge on any atom is 0.242 e. The number of nitrogens with one attached hydrogen (secondary N) is 2. The number of hydrogen-bond donors (Lipinski definition) is 2. The van der Waals surface area contributed by atoms with Gasteiger partial charge in [-0.05, 0) is 44.4 Å². The smallest absolute Gasteiger partial charge is 0.242 e. The summed E-state index contributed by atoms with van der Waals surface area (Å²) >= 11 is 0. The summed E-state index contributed by atoms with van der Waals surface area (Å²) in [6.07, 6.45) is 2.73. The van der Waals surface area contributed by atoms with E-state index in [4.69, 9.17) is 9.47 Å². The normalized spacial score (nSPS) is 15.3. The third-order valence-electron chi connectivity index (χ3n) is 4.62. The topological polar surface area (TPSA) is 59.6 Å². The number of amides is 1. The van der Waals surface area contributed by atoms with E-state index in [9.17, 15) is 4.79 Å². The molecule has 0 aliphatic carbocycles. The summed E-state index contributed by atoms with van der Waals surface area (Å²) in [5, 5.41) is 6.33. The predicted octanol–water partition coefficient (Wildman–Crippen LogP) is 3.79. The van der Waals surface area contributed by atoms with Crippen molar-refractivity contribution in [2.24, 2.45) is 0 Å². The molecule has 5 heteroatoms. The molecule has 2 atom stereocenters. The lowest BCUT2D eigenvalue weighted by Crippen LogP contribution is -2.42. The summed E-state index contributed by atoms with van der Waals surface area (Å²) in [6.45, 7) is 5.22. The first-order valence-electron chi connectivity index (χ1n) is 9.62. The van der Waals surface area contributed by atoms with Gasteiger partial charge in [0, 0.05) is 24.2 Å². The van der Waals surface area contributed by atoms with Crippen LogP contribution in [0.25, 0.3) is 0 Å². The number of hydrogen-bond acceptors (Lipinski definition) is 4. The van der Waals surface area contributed by atoms with Gasteiger partial charge < -0.3 is 20.1 Å². The van der Waals surface area contributed by atoms with E-state index in [0.717, 1.165) is 36.4 Å². The van der Waals surface area contributed by atoms with Gasteiger partial charge in [0.2, 0.25) is 5.91 Å². The number of carbonyl (C=O) groups excluding carboxylic acids is 1. The molecule has 0 saturated carbocycles. The van der Waals surface area contributed by atoms with Crippen LogP contribution in [0.5, 0.6) is 11.5 Å². The number of anilines is 1. The number of ether oxygens (including phenoxy) is 2. The SMILES string of the molecule is C[C@@H](CCc1ccccc1)NC(=O)[C@@H](C)Nc1ccc2c(c1)OCCCO2. The van der Waals surface area contributed by atoms with Gasteiger partial charge in [-0.1, -0.05) is 30.3 Å². The molecule has 0 radical (unpaired) electrons. The van der Waals surface area contributed by atoms with Crippen molar-refractivity contribution in [3.63, 3.8) is 0 Å². The van der Waals surface area contributed by atoms with E-state index < -0.39 is 0 Å². The van der Waals surface area contributed by atoms with Crippen molar-refractivity contribution in [3.05, 3.63) is 54.1 Å². The van der Waals surface area contributed by atoms with E-state index in [1.54, 1.807) is 0 Å². The highest BCUT2D eigenvalue weighted by Gasteiger charge is 2.17. The van der Waals surface area contributed by atoms with Gasteiger partial charge in [0.25, 0.3) is 0 Å². The molecule has 27 heavy (non-hydrogen) atoms. The maximum atomic E-state index is 12.5. The van der Waals surface area contributed by atoms with Crippen molar-refractivity contribution in [3.8, 4) is 11.5 Å². The maximum absolute atomic E-state index is 12.5. The number of fused-ring (bicyclic) bond motifs is 1. The summed E-state index contributed by atoms with van der Waals surface area (Å²) in [7, 11) is 0. The van der Waals surface area contributed by atoms with Gasteiger partial charge in [0.1, 0.15) is 6.04 Å². The van der Waals surface area contributed by atoms with Gasteiger partial charge in [-0.2, -0.15) is 0 Å². The summed E-state index contributed by atoms with van der Waals surface area (Å²) in [6, 6.07) is 15.8. The molecular formula is C22H28N2O3. The van der Waals surface area contributed by atoms with Crippen LogP contribution in [-0.4, -0.2) is 31.2 Å². The number of carbonyl (C=O) groups is 1. The lowest BCUT2D eigenvalue weighted by atomic mass is 10.1. The highest BCUT2D eigenvalue weighted by Crippen LogP contribution is 2.32. The molecule has 2 N–H and O–H groups in total. The van der Waals surface area contributed by atoms with Gasteiger partial charge in [-0.25, -0.2) is 0 Å². The Morgan fingerprint density at radius 2 is 1.78 bits per heavy atom. The second-order valence-electron chi connectivity index (χ2n) is 7.01. The molecular weight excluding hydrogens is 340 g/mol. The van der Waals surface area contributed by atoms with Crippen LogP contribution in [0.2, 0.25) is 0 Å². The predicted molar refractivity (Wildman–Crippen MR) is 108 cm³/mol. The van der Waals surface area contributed by atoms with Crippen molar-refractivity contribution in [2.45, 2.75) is 45.2 Å². The van der Waals surface area contributed by atoms with Crippen molar-refractivity contribution in [2.75, 3.05) is 18.5 Å². The molecule has 0 bridgehead atoms. The Bertz CT molecular complexity index is 748. The van der Waals surface area contributed by atoms with E-state index in [0.29, 0.717) is 13.2 Å². The third-order valence-corrected chi connectivity index (χ3v) is 4.62. The van der Waals surface area contributed by atoms with Gasteiger partial charge in [-0.15, -0.1) is 0 Å². The molecule has 1 heterocycles. The van der Waals surface area contributed by atoms with Crippen molar-refractivity contribution >= 4 is 11.6 Å². The summed E-state index contributed by atoms with van der Waals surface area (Å²) in [5.41, 5.74) is 2.14. The molecule has 5 nitrogen and oxygen atoms in total. The van der Waals surface area contributed by atoms with Crippen molar-refractivity contribution in [1.82, 2.24) is 5.32 Å². The first-order valence-corrected chi connectivity index (χ1v) is 9.62. The van der Waals surface area contributed by atoms with Crippen LogP contribution in [-0.2, 0) is 11.2 Å². The molecule has 0 spiro atoms. The van der Waals surface area contributed by atoms with E-state index in [-0.39, 0.29) is 18.0 Å². The van der Waals surface area contributed by atoms with Gasteiger partial charge >= 0.3 is 0 Å². The largest absolute Gasteiger partial charge is 0.490 e. The molecule has 1 aliphatic rings. The van der Waals surface area contributed by atoms with Crippen LogP contribution < -0.4 is 20.1 Å². The lowest BCUT2D eigenvalue weighted by molar-refractivity contribution is -0.122. The molecule has 1 aliphatic heterocycles. The minimum Gasteiger partial charge on any atom is -0.490 e. The highest BCUT2D eigenvalue weighted by molar-refractivity contribution is 5.84. The summed E-state index contributed by atoms with van der Waals surface area (Å²) in [5.74, 6) is 1.47. The number of aryl methyl sites for hydroxylation is 1. The Morgan fingerprint density at radius 3 is 2.56 bits per heavy atom. The second-order valence-corrected chi connectivity index (χ2v) is 7.01. The van der Waals surface area contributed by atoms with Crippen molar-refractivity contribution < 1.29 is 14.3 Å². The number of benzene rings is 2. The lowest BCUT2D eigenvalue weighted by Gasteiger charge is -2.20. The van der Waals surface area contributed by atoms with Crippen LogP contribution in [0.1, 0.15) is 32.3 Å². The van der Waals surface area contributed by atoms with Crippen LogP contribution in [0.15, 0.2) is 48.5 Å². The molecule has 0 aromatic heterocycles. The van der Waals surface area contributed by atoms with Crippen LogP contribution in [0, 0.1) is 0 Å². The zero-order valence-electron chi connectivity index (χ0n) is 16.0. The average Bonchev–Trinajstić information content (AvgIpc) is 2.92. The Balaban J connectivity index is 1.49. The van der Waals surface area contributed by atoms with Gasteiger partial charge in [0.15, 0.2) is 11.5 Å². The summed E-state index contributed by atoms with van der Waals surface area (Å²) < 4.78 is 11.3. The molecule has 2 aromatic carbocycles. The molecule has 0 fully saturated rings. The third kappa shape index (κ3) is 5.64. The fourth-order valence-corrected chi connectivity index (χ4v) is 3.04. The molecule has 2 aromatic rings. The molecule has 3 rings (SSSR count). The quantitative estimate of drug-likeness (QED) is 0.781.